The van der Waals surface area contributed by atoms with Crippen molar-refractivity contribution in [2.24, 2.45) is 7.05 Å². The number of rotatable bonds is 10. The number of carbonyl (C=O) groups excluding carboxylic acids is 2. The normalized spacial score (nSPS) is 11.4. The lowest BCUT2D eigenvalue weighted by atomic mass is 10.2. The lowest BCUT2D eigenvalue weighted by molar-refractivity contribution is -0.131. The molecule has 0 radical (unpaired) electrons. The van der Waals surface area contributed by atoms with Gasteiger partial charge in [-0.25, -0.2) is 4.68 Å². The third-order valence-corrected chi connectivity index (χ3v) is 4.03. The van der Waals surface area contributed by atoms with Gasteiger partial charge in [0.15, 0.2) is 5.69 Å². The second kappa shape index (κ2) is 10.1. The fraction of sp³-hybridized carbons (Fsp3) is 0.286. The number of amides is 2. The summed E-state index contributed by atoms with van der Waals surface area (Å²) < 4.78 is 7.22. The molecule has 0 aliphatic rings. The number of aryl methyl sites for hydroxylation is 1. The van der Waals surface area contributed by atoms with Crippen LogP contribution in [0.5, 0.6) is 5.88 Å². The van der Waals surface area contributed by atoms with Gasteiger partial charge in [0.1, 0.15) is 12.6 Å². The van der Waals surface area contributed by atoms with E-state index in [0.717, 1.165) is 5.56 Å². The van der Waals surface area contributed by atoms with Gasteiger partial charge in [-0.05, 0) is 12.5 Å². The molecule has 1 aromatic heterocycles. The van der Waals surface area contributed by atoms with Crippen LogP contribution in [0.1, 0.15) is 23.0 Å². The largest absolute Gasteiger partial charge is 0.473 e. The van der Waals surface area contributed by atoms with E-state index in [1.54, 1.807) is 37.1 Å². The van der Waals surface area contributed by atoms with Gasteiger partial charge in [0.25, 0.3) is 5.91 Å². The molecule has 1 heterocycles. The van der Waals surface area contributed by atoms with Crippen LogP contribution < -0.4 is 10.1 Å². The Kier molecular flexibility index (Phi) is 7.56. The van der Waals surface area contributed by atoms with Crippen LogP contribution >= 0.6 is 0 Å². The molecule has 0 spiro atoms. The molecule has 1 atom stereocenters. The summed E-state index contributed by atoms with van der Waals surface area (Å²) in [5, 5.41) is 6.85. The van der Waals surface area contributed by atoms with Crippen molar-refractivity contribution in [3.8, 4) is 5.88 Å². The number of hydrogen-bond donors (Lipinski definition) is 1. The van der Waals surface area contributed by atoms with Gasteiger partial charge < -0.3 is 15.0 Å². The molecule has 0 saturated carbocycles. The van der Waals surface area contributed by atoms with Gasteiger partial charge in [0.2, 0.25) is 11.8 Å². The van der Waals surface area contributed by atoms with E-state index < -0.39 is 11.9 Å². The summed E-state index contributed by atoms with van der Waals surface area (Å²) in [6, 6.07) is 10.6. The van der Waals surface area contributed by atoms with Crippen molar-refractivity contribution in [2.45, 2.75) is 19.6 Å². The Labute approximate surface area is 165 Å². The van der Waals surface area contributed by atoms with E-state index in [2.05, 4.69) is 23.6 Å². The van der Waals surface area contributed by atoms with Gasteiger partial charge in [0, 0.05) is 26.2 Å². The second-order valence-corrected chi connectivity index (χ2v) is 6.28. The Hall–Kier alpha value is -3.35. The van der Waals surface area contributed by atoms with Crippen LogP contribution in [0, 0.1) is 0 Å². The van der Waals surface area contributed by atoms with Crippen LogP contribution in [-0.2, 0) is 18.4 Å². The van der Waals surface area contributed by atoms with Gasteiger partial charge in [-0.2, -0.15) is 5.10 Å². The van der Waals surface area contributed by atoms with Crippen molar-refractivity contribution in [3.63, 3.8) is 0 Å². The van der Waals surface area contributed by atoms with E-state index in [1.165, 1.54) is 4.68 Å². The van der Waals surface area contributed by atoms with E-state index in [9.17, 15) is 9.59 Å². The van der Waals surface area contributed by atoms with Gasteiger partial charge in [-0.1, -0.05) is 42.5 Å². The highest BCUT2D eigenvalue weighted by atomic mass is 16.5. The molecule has 148 valence electrons. The molecule has 0 bridgehead atoms. The van der Waals surface area contributed by atoms with Crippen molar-refractivity contribution in [1.29, 1.82) is 0 Å². The minimum atomic E-state index is -0.705. The number of nitrogens with zero attached hydrogens (tertiary/aromatic N) is 3. The van der Waals surface area contributed by atoms with Crippen molar-refractivity contribution in [3.05, 3.63) is 73.0 Å². The molecule has 1 aromatic carbocycles. The summed E-state index contributed by atoms with van der Waals surface area (Å²) in [4.78, 5) is 26.5. The number of aromatic nitrogens is 2. The summed E-state index contributed by atoms with van der Waals surface area (Å²) in [6.07, 6.45) is 3.26. The van der Waals surface area contributed by atoms with E-state index in [0.29, 0.717) is 25.6 Å². The van der Waals surface area contributed by atoms with Gasteiger partial charge in [0.05, 0.1) is 0 Å². The molecular weight excluding hydrogens is 356 g/mol. The van der Waals surface area contributed by atoms with Crippen molar-refractivity contribution >= 4 is 11.8 Å². The Balaban J connectivity index is 1.99. The molecule has 2 amide bonds. The fourth-order valence-corrected chi connectivity index (χ4v) is 2.60. The first-order valence-corrected chi connectivity index (χ1v) is 8.98. The monoisotopic (exact) mass is 382 g/mol. The number of ether oxygens (including phenoxy) is 1. The number of hydrogen-bond acceptors (Lipinski definition) is 4. The topological polar surface area (TPSA) is 76.5 Å². The Bertz CT molecular complexity index is 819. The van der Waals surface area contributed by atoms with Crippen LogP contribution in [0.4, 0.5) is 0 Å². The van der Waals surface area contributed by atoms with Crippen molar-refractivity contribution in [1.82, 2.24) is 20.0 Å². The quantitative estimate of drug-likeness (QED) is 0.640. The van der Waals surface area contributed by atoms with Crippen molar-refractivity contribution in [2.75, 3.05) is 13.1 Å². The van der Waals surface area contributed by atoms with Gasteiger partial charge >= 0.3 is 0 Å². The summed E-state index contributed by atoms with van der Waals surface area (Å²) >= 11 is 0. The summed E-state index contributed by atoms with van der Waals surface area (Å²) in [5.74, 6) is -0.194. The van der Waals surface area contributed by atoms with Gasteiger partial charge in [-0.3, -0.25) is 9.59 Å². The highest BCUT2D eigenvalue weighted by molar-refractivity contribution is 5.96. The lowest BCUT2D eigenvalue weighted by Gasteiger charge is -2.23. The predicted molar refractivity (Wildman–Crippen MR) is 108 cm³/mol. The van der Waals surface area contributed by atoms with E-state index in [1.807, 2.05) is 30.3 Å². The molecule has 2 aromatic rings. The van der Waals surface area contributed by atoms with Crippen LogP contribution in [-0.4, -0.2) is 45.6 Å². The molecule has 1 N–H and O–H groups in total. The molecule has 0 aliphatic heterocycles. The number of benzene rings is 1. The third-order valence-electron chi connectivity index (χ3n) is 4.03. The molecule has 0 saturated heterocycles. The van der Waals surface area contributed by atoms with E-state index in [-0.39, 0.29) is 11.6 Å². The average molecular weight is 382 g/mol. The van der Waals surface area contributed by atoms with E-state index >= 15 is 0 Å². The first kappa shape index (κ1) is 21.0. The maximum absolute atomic E-state index is 12.5. The molecule has 7 nitrogen and oxygen atoms in total. The zero-order valence-corrected chi connectivity index (χ0v) is 16.3. The molecule has 1 unspecified atom stereocenters. The maximum atomic E-state index is 12.5. The fourth-order valence-electron chi connectivity index (χ4n) is 2.60. The van der Waals surface area contributed by atoms with Crippen LogP contribution in [0.3, 0.4) is 0 Å². The zero-order chi connectivity index (χ0) is 20.5. The van der Waals surface area contributed by atoms with Crippen molar-refractivity contribution < 1.29 is 14.3 Å². The Morgan fingerprint density at radius 1 is 1.25 bits per heavy atom. The highest BCUT2D eigenvalue weighted by Crippen LogP contribution is 2.14. The Morgan fingerprint density at radius 2 is 1.89 bits per heavy atom. The minimum absolute atomic E-state index is 0.184. The first-order valence-electron chi connectivity index (χ1n) is 8.98. The minimum Gasteiger partial charge on any atom is -0.473 e. The molecular formula is C21H26N4O3. The second-order valence-electron chi connectivity index (χ2n) is 6.28. The summed E-state index contributed by atoms with van der Waals surface area (Å²) in [6.45, 7) is 10.1. The molecule has 7 heteroatoms. The predicted octanol–water partition coefficient (Wildman–Crippen LogP) is 2.32. The van der Waals surface area contributed by atoms with E-state index in [4.69, 9.17) is 4.74 Å². The third kappa shape index (κ3) is 5.57. The average Bonchev–Trinajstić information content (AvgIpc) is 3.07. The molecule has 0 fully saturated rings. The molecule has 0 aliphatic carbocycles. The SMILES string of the molecule is C=CCN(CC=C)C(=O)C(C)NC(=O)c1cc(OCc2ccccc2)n(C)n1. The maximum Gasteiger partial charge on any atom is 0.272 e. The standard InChI is InChI=1S/C21H26N4O3/c1-5-12-25(13-6-2)21(27)16(3)22-20(26)18-14-19(24(4)23-18)28-15-17-10-8-7-9-11-17/h5-11,14,16H,1-2,12-13,15H2,3-4H3,(H,22,26). The van der Waals surface area contributed by atoms with Crippen LogP contribution in [0.15, 0.2) is 61.7 Å². The number of carbonyl (C=O) groups is 2. The van der Waals surface area contributed by atoms with Gasteiger partial charge in [-0.15, -0.1) is 13.2 Å². The molecule has 28 heavy (non-hydrogen) atoms. The molecule has 2 rings (SSSR count). The zero-order valence-electron chi connectivity index (χ0n) is 16.3. The Morgan fingerprint density at radius 3 is 2.50 bits per heavy atom. The number of nitrogens with one attached hydrogen (secondary N) is 1. The van der Waals surface area contributed by atoms with Crippen LogP contribution in [0.2, 0.25) is 0 Å². The van der Waals surface area contributed by atoms with Crippen LogP contribution in [0.25, 0.3) is 0 Å². The summed E-state index contributed by atoms with van der Waals surface area (Å²) in [7, 11) is 1.70. The smallest absolute Gasteiger partial charge is 0.272 e. The first-order chi connectivity index (χ1) is 13.5. The lowest BCUT2D eigenvalue weighted by Crippen LogP contribution is -2.47. The summed E-state index contributed by atoms with van der Waals surface area (Å²) in [5.41, 5.74) is 1.20. The highest BCUT2D eigenvalue weighted by Gasteiger charge is 2.23.